The highest BCUT2D eigenvalue weighted by Gasteiger charge is 2.20. The fourth-order valence-electron chi connectivity index (χ4n) is 3.93. The van der Waals surface area contributed by atoms with Crippen LogP contribution in [0.3, 0.4) is 0 Å². The van der Waals surface area contributed by atoms with Gasteiger partial charge in [-0.2, -0.15) is 15.0 Å². The number of aromatic nitrogens is 4. The number of morpholine rings is 1. The first-order valence-electron chi connectivity index (χ1n) is 11.8. The molecule has 0 bridgehead atoms. The van der Waals surface area contributed by atoms with Crippen molar-refractivity contribution >= 4 is 40.3 Å². The minimum absolute atomic E-state index is 0.462. The summed E-state index contributed by atoms with van der Waals surface area (Å²) >= 11 is 0. The lowest BCUT2D eigenvalue weighted by atomic mass is 10.3. The number of rotatable bonds is 9. The van der Waals surface area contributed by atoms with Gasteiger partial charge in [0.15, 0.2) is 11.5 Å². The van der Waals surface area contributed by atoms with Gasteiger partial charge in [-0.05, 0) is 38.1 Å². The average molecular weight is 476 g/mol. The van der Waals surface area contributed by atoms with Gasteiger partial charge in [-0.1, -0.05) is 12.1 Å². The first-order valence-corrected chi connectivity index (χ1v) is 11.8. The zero-order valence-electron chi connectivity index (χ0n) is 19.9. The predicted molar refractivity (Wildman–Crippen MR) is 137 cm³/mol. The van der Waals surface area contributed by atoms with E-state index in [4.69, 9.17) is 24.2 Å². The first kappa shape index (κ1) is 22.7. The van der Waals surface area contributed by atoms with Crippen LogP contribution in [-0.4, -0.2) is 59.5 Å². The Labute approximate surface area is 203 Å². The van der Waals surface area contributed by atoms with Gasteiger partial charge in [0.1, 0.15) is 17.0 Å². The second-order valence-electron chi connectivity index (χ2n) is 7.93. The molecule has 10 nitrogen and oxygen atoms in total. The van der Waals surface area contributed by atoms with Crippen LogP contribution in [0.4, 0.5) is 29.1 Å². The average Bonchev–Trinajstić information content (AvgIpc) is 3.27. The number of fused-ring (bicyclic) bond motifs is 1. The van der Waals surface area contributed by atoms with Crippen molar-refractivity contribution in [3.63, 3.8) is 0 Å². The van der Waals surface area contributed by atoms with Crippen molar-refractivity contribution in [3.8, 4) is 11.5 Å². The van der Waals surface area contributed by atoms with Crippen LogP contribution in [0.2, 0.25) is 0 Å². The smallest absolute Gasteiger partial charge is 0.231 e. The van der Waals surface area contributed by atoms with E-state index >= 15 is 0 Å². The Hall–Kier alpha value is -4.05. The zero-order chi connectivity index (χ0) is 24.0. The Morgan fingerprint density at radius 2 is 1.54 bits per heavy atom. The Morgan fingerprint density at radius 3 is 2.20 bits per heavy atom. The van der Waals surface area contributed by atoms with Crippen molar-refractivity contribution in [2.75, 3.05) is 55.1 Å². The fourth-order valence-corrected chi connectivity index (χ4v) is 3.93. The quantitative estimate of drug-likeness (QED) is 0.323. The maximum absolute atomic E-state index is 5.62. The molecule has 0 aliphatic carbocycles. The van der Waals surface area contributed by atoms with Crippen molar-refractivity contribution in [2.45, 2.75) is 13.8 Å². The third-order valence-electron chi connectivity index (χ3n) is 5.45. The van der Waals surface area contributed by atoms with Gasteiger partial charge in [0.05, 0.1) is 26.4 Å². The van der Waals surface area contributed by atoms with E-state index in [1.54, 1.807) is 0 Å². The van der Waals surface area contributed by atoms with Gasteiger partial charge in [-0.15, -0.1) is 0 Å². The van der Waals surface area contributed by atoms with Crippen molar-refractivity contribution < 1.29 is 14.2 Å². The monoisotopic (exact) mass is 475 g/mol. The molecule has 0 unspecified atom stereocenters. The van der Waals surface area contributed by atoms with Gasteiger partial charge in [-0.25, -0.2) is 0 Å². The van der Waals surface area contributed by atoms with Crippen LogP contribution < -0.4 is 25.0 Å². The third-order valence-corrected chi connectivity index (χ3v) is 5.45. The number of hydrogen-bond donors (Lipinski definition) is 3. The molecule has 10 heteroatoms. The minimum Gasteiger partial charge on any atom is -0.494 e. The highest BCUT2D eigenvalue weighted by atomic mass is 16.5. The second-order valence-corrected chi connectivity index (χ2v) is 7.93. The molecular formula is C25H29N7O3. The lowest BCUT2D eigenvalue weighted by Crippen LogP contribution is -2.37. The topological polar surface area (TPSA) is 109 Å². The highest BCUT2D eigenvalue weighted by Crippen LogP contribution is 2.29. The normalized spacial score (nSPS) is 13.6. The number of nitrogens with one attached hydrogen (secondary N) is 3. The number of benzene rings is 2. The standard InChI is InChI=1S/C25H29N7O3/c1-3-34-19-9-5-7-17(15-19)26-24-28-21-22(29-24)30-25(31-23(21)32-11-13-33-14-12-32)27-18-8-6-10-20(16-18)35-4-2/h5-10,15-16H,3-4,11-14H2,1-2H3,(H3,26,27,28,29,30,31). The molecule has 2 aromatic carbocycles. The molecule has 4 aromatic rings. The summed E-state index contributed by atoms with van der Waals surface area (Å²) in [5.41, 5.74) is 3.03. The van der Waals surface area contributed by atoms with Crippen molar-refractivity contribution in [1.82, 2.24) is 19.9 Å². The van der Waals surface area contributed by atoms with E-state index < -0.39 is 0 Å². The molecule has 35 heavy (non-hydrogen) atoms. The van der Waals surface area contributed by atoms with Crippen LogP contribution in [0.25, 0.3) is 11.2 Å². The van der Waals surface area contributed by atoms with Crippen LogP contribution in [0.1, 0.15) is 13.8 Å². The maximum Gasteiger partial charge on any atom is 0.231 e. The molecule has 1 saturated heterocycles. The lowest BCUT2D eigenvalue weighted by Gasteiger charge is -2.28. The number of aromatic amines is 1. The maximum atomic E-state index is 5.62. The molecule has 0 amide bonds. The fraction of sp³-hybridized carbons (Fsp3) is 0.320. The summed E-state index contributed by atoms with van der Waals surface area (Å²) in [6.45, 7) is 7.90. The number of nitrogens with zero attached hydrogens (tertiary/aromatic N) is 4. The van der Waals surface area contributed by atoms with Crippen molar-refractivity contribution in [2.24, 2.45) is 0 Å². The van der Waals surface area contributed by atoms with Gasteiger partial charge in [-0.3, -0.25) is 0 Å². The van der Waals surface area contributed by atoms with Crippen molar-refractivity contribution in [3.05, 3.63) is 48.5 Å². The molecule has 0 radical (unpaired) electrons. The summed E-state index contributed by atoms with van der Waals surface area (Å²) < 4.78 is 16.8. The summed E-state index contributed by atoms with van der Waals surface area (Å²) in [6, 6.07) is 15.5. The largest absolute Gasteiger partial charge is 0.494 e. The number of H-pyrrole nitrogens is 1. The molecule has 5 rings (SSSR count). The Kier molecular flexibility index (Phi) is 6.80. The van der Waals surface area contributed by atoms with E-state index in [2.05, 4.69) is 25.5 Å². The summed E-state index contributed by atoms with van der Waals surface area (Å²) in [4.78, 5) is 19.8. The molecule has 1 fully saturated rings. The van der Waals surface area contributed by atoms with E-state index in [0.717, 1.165) is 47.3 Å². The summed E-state index contributed by atoms with van der Waals surface area (Å²) in [5, 5.41) is 6.62. The molecular weight excluding hydrogens is 446 g/mol. The van der Waals surface area contributed by atoms with Crippen LogP contribution in [0.5, 0.6) is 11.5 Å². The molecule has 182 valence electrons. The van der Waals surface area contributed by atoms with Gasteiger partial charge >= 0.3 is 0 Å². The molecule has 1 aliphatic rings. The lowest BCUT2D eigenvalue weighted by molar-refractivity contribution is 0.122. The van der Waals surface area contributed by atoms with Crippen LogP contribution in [0, 0.1) is 0 Å². The SMILES string of the molecule is CCOc1cccc(Nc2nc(N3CCOCC3)c3[nH]c(Nc4cccc(OCC)c4)nc3n2)c1. The van der Waals surface area contributed by atoms with Gasteiger partial charge in [0.25, 0.3) is 0 Å². The Bertz CT molecular complexity index is 1290. The predicted octanol–water partition coefficient (Wildman–Crippen LogP) is 4.47. The summed E-state index contributed by atoms with van der Waals surface area (Å²) in [7, 11) is 0. The van der Waals surface area contributed by atoms with Crippen LogP contribution in [0.15, 0.2) is 48.5 Å². The Balaban J connectivity index is 1.48. The third kappa shape index (κ3) is 5.38. The molecule has 3 N–H and O–H groups in total. The molecule has 0 saturated carbocycles. The summed E-state index contributed by atoms with van der Waals surface area (Å²) in [5.74, 6) is 3.40. The Morgan fingerprint density at radius 1 is 0.886 bits per heavy atom. The number of imidazole rings is 1. The molecule has 3 heterocycles. The molecule has 0 spiro atoms. The molecule has 1 aliphatic heterocycles. The van der Waals surface area contributed by atoms with Crippen molar-refractivity contribution in [1.29, 1.82) is 0 Å². The van der Waals surface area contributed by atoms with Crippen LogP contribution >= 0.6 is 0 Å². The zero-order valence-corrected chi connectivity index (χ0v) is 19.9. The molecule has 2 aromatic heterocycles. The van der Waals surface area contributed by atoms with E-state index in [0.29, 0.717) is 44.0 Å². The number of ether oxygens (including phenoxy) is 3. The van der Waals surface area contributed by atoms with Gasteiger partial charge < -0.3 is 34.7 Å². The number of anilines is 5. The number of hydrogen-bond acceptors (Lipinski definition) is 9. The van der Waals surface area contributed by atoms with Gasteiger partial charge in [0, 0.05) is 36.6 Å². The molecule has 0 atom stereocenters. The van der Waals surface area contributed by atoms with E-state index in [-0.39, 0.29) is 0 Å². The van der Waals surface area contributed by atoms with Crippen LogP contribution in [-0.2, 0) is 4.74 Å². The van der Waals surface area contributed by atoms with E-state index in [9.17, 15) is 0 Å². The summed E-state index contributed by atoms with van der Waals surface area (Å²) in [6.07, 6.45) is 0. The van der Waals surface area contributed by atoms with Gasteiger partial charge in [0.2, 0.25) is 11.9 Å². The highest BCUT2D eigenvalue weighted by molar-refractivity contribution is 5.87. The first-order chi connectivity index (χ1) is 17.2. The van der Waals surface area contributed by atoms with E-state index in [1.807, 2.05) is 62.4 Å². The minimum atomic E-state index is 0.462. The second kappa shape index (κ2) is 10.5. The van der Waals surface area contributed by atoms with E-state index in [1.165, 1.54) is 0 Å².